The van der Waals surface area contributed by atoms with Crippen LogP contribution in [0, 0.1) is 0 Å². The Morgan fingerprint density at radius 1 is 1.31 bits per heavy atom. The Kier molecular flexibility index (Phi) is 2.50. The normalized spacial score (nSPS) is 24.8. The number of benzene rings is 1. The van der Waals surface area contributed by atoms with Crippen molar-refractivity contribution in [2.75, 3.05) is 6.61 Å². The van der Waals surface area contributed by atoms with Crippen molar-refractivity contribution in [2.45, 2.75) is 45.1 Å². The van der Waals surface area contributed by atoms with Crippen molar-refractivity contribution < 1.29 is 9.84 Å². The summed E-state index contributed by atoms with van der Waals surface area (Å²) in [5, 5.41) is 10.3. The van der Waals surface area contributed by atoms with Crippen molar-refractivity contribution in [3.8, 4) is 5.75 Å². The Morgan fingerprint density at radius 2 is 2.00 bits per heavy atom. The van der Waals surface area contributed by atoms with E-state index in [1.807, 2.05) is 19.1 Å². The van der Waals surface area contributed by atoms with Crippen LogP contribution in [0.2, 0.25) is 0 Å². The number of rotatable bonds is 0. The van der Waals surface area contributed by atoms with E-state index >= 15 is 0 Å². The van der Waals surface area contributed by atoms with Crippen molar-refractivity contribution in [1.82, 2.24) is 0 Å². The monoisotopic (exact) mass is 220 g/mol. The van der Waals surface area contributed by atoms with Crippen LogP contribution >= 0.6 is 0 Å². The number of ether oxygens (including phenoxy) is 1. The molecular weight excluding hydrogens is 200 g/mol. The zero-order valence-corrected chi connectivity index (χ0v) is 10.5. The van der Waals surface area contributed by atoms with Gasteiger partial charge in [-0.15, -0.1) is 0 Å². The van der Waals surface area contributed by atoms with Crippen molar-refractivity contribution in [3.63, 3.8) is 0 Å². The van der Waals surface area contributed by atoms with Gasteiger partial charge >= 0.3 is 0 Å². The Balaban J connectivity index is 2.61. The first-order chi connectivity index (χ1) is 7.32. The van der Waals surface area contributed by atoms with Gasteiger partial charge < -0.3 is 9.84 Å². The van der Waals surface area contributed by atoms with E-state index in [1.54, 1.807) is 0 Å². The molecule has 2 heteroatoms. The molecule has 0 saturated carbocycles. The lowest BCUT2D eigenvalue weighted by Crippen LogP contribution is -2.31. The number of hydrogen-bond donors (Lipinski definition) is 1. The fraction of sp³-hybridized carbons (Fsp3) is 0.571. The lowest BCUT2D eigenvalue weighted by Gasteiger charge is -2.34. The maximum Gasteiger partial charge on any atom is 0.129 e. The second-order valence-corrected chi connectivity index (χ2v) is 5.80. The topological polar surface area (TPSA) is 29.5 Å². The van der Waals surface area contributed by atoms with E-state index in [2.05, 4.69) is 26.8 Å². The van der Waals surface area contributed by atoms with Gasteiger partial charge in [-0.25, -0.2) is 0 Å². The van der Waals surface area contributed by atoms with Crippen LogP contribution in [0.25, 0.3) is 0 Å². The average molecular weight is 220 g/mol. The number of aliphatic hydroxyl groups is 1. The summed E-state index contributed by atoms with van der Waals surface area (Å²) in [4.78, 5) is 0. The summed E-state index contributed by atoms with van der Waals surface area (Å²) in [5.74, 6) is 0.881. The molecule has 1 aromatic carbocycles. The quantitative estimate of drug-likeness (QED) is 0.728. The summed E-state index contributed by atoms with van der Waals surface area (Å²) in [6.07, 6.45) is 0.660. The standard InChI is InChI=1S/C14H20O2/c1-13(2,3)10-6-5-7-11-12(10)16-9-8-14(11,4)15/h5-7,15H,8-9H2,1-4H3. The molecule has 2 rings (SSSR count). The lowest BCUT2D eigenvalue weighted by atomic mass is 9.81. The highest BCUT2D eigenvalue weighted by Gasteiger charge is 2.34. The molecule has 1 heterocycles. The summed E-state index contributed by atoms with van der Waals surface area (Å²) < 4.78 is 5.76. The number of hydrogen-bond acceptors (Lipinski definition) is 2. The second kappa shape index (κ2) is 3.49. The van der Waals surface area contributed by atoms with Crippen LogP contribution in [0.3, 0.4) is 0 Å². The molecule has 2 nitrogen and oxygen atoms in total. The molecule has 0 amide bonds. The number of fused-ring (bicyclic) bond motifs is 1. The van der Waals surface area contributed by atoms with Gasteiger partial charge in [0.25, 0.3) is 0 Å². The third kappa shape index (κ3) is 1.82. The van der Waals surface area contributed by atoms with Crippen LogP contribution in [0.5, 0.6) is 5.75 Å². The van der Waals surface area contributed by atoms with Crippen molar-refractivity contribution in [1.29, 1.82) is 0 Å². The van der Waals surface area contributed by atoms with Gasteiger partial charge in [-0.3, -0.25) is 0 Å². The first-order valence-electron chi connectivity index (χ1n) is 5.81. The largest absolute Gasteiger partial charge is 0.493 e. The van der Waals surface area contributed by atoms with E-state index < -0.39 is 5.60 Å². The molecule has 1 atom stereocenters. The first kappa shape index (κ1) is 11.5. The van der Waals surface area contributed by atoms with Gasteiger partial charge in [0.1, 0.15) is 5.75 Å². The summed E-state index contributed by atoms with van der Waals surface area (Å²) >= 11 is 0. The average Bonchev–Trinajstić information content (AvgIpc) is 2.15. The van der Waals surface area contributed by atoms with Gasteiger partial charge in [0.05, 0.1) is 12.2 Å². The van der Waals surface area contributed by atoms with E-state index in [1.165, 1.54) is 5.56 Å². The second-order valence-electron chi connectivity index (χ2n) is 5.80. The molecule has 0 aromatic heterocycles. The summed E-state index contributed by atoms with van der Waals surface area (Å²) in [6, 6.07) is 6.05. The molecule has 1 aliphatic heterocycles. The molecule has 0 spiro atoms. The highest BCUT2D eigenvalue weighted by Crippen LogP contribution is 2.42. The molecule has 1 unspecified atom stereocenters. The maximum absolute atomic E-state index is 10.3. The van der Waals surface area contributed by atoms with Crippen LogP contribution < -0.4 is 4.74 Å². The van der Waals surface area contributed by atoms with Crippen LogP contribution in [-0.4, -0.2) is 11.7 Å². The minimum absolute atomic E-state index is 0.0404. The zero-order valence-electron chi connectivity index (χ0n) is 10.5. The van der Waals surface area contributed by atoms with Gasteiger partial charge in [0.2, 0.25) is 0 Å². The fourth-order valence-corrected chi connectivity index (χ4v) is 2.19. The van der Waals surface area contributed by atoms with Crippen molar-refractivity contribution >= 4 is 0 Å². The Hall–Kier alpha value is -1.02. The molecule has 88 valence electrons. The van der Waals surface area contributed by atoms with Crippen LogP contribution in [-0.2, 0) is 11.0 Å². The molecule has 1 aliphatic rings. The highest BCUT2D eigenvalue weighted by molar-refractivity contribution is 5.48. The van der Waals surface area contributed by atoms with Gasteiger partial charge in [0, 0.05) is 12.0 Å². The Morgan fingerprint density at radius 3 is 2.62 bits per heavy atom. The van der Waals surface area contributed by atoms with Gasteiger partial charge in [-0.2, -0.15) is 0 Å². The van der Waals surface area contributed by atoms with E-state index in [0.717, 1.165) is 11.3 Å². The van der Waals surface area contributed by atoms with E-state index in [0.29, 0.717) is 13.0 Å². The van der Waals surface area contributed by atoms with Crippen LogP contribution in [0.15, 0.2) is 18.2 Å². The predicted octanol–water partition coefficient (Wildman–Crippen LogP) is 2.97. The molecule has 0 saturated heterocycles. The van der Waals surface area contributed by atoms with E-state index in [4.69, 9.17) is 4.74 Å². The first-order valence-corrected chi connectivity index (χ1v) is 5.81. The van der Waals surface area contributed by atoms with Crippen molar-refractivity contribution in [3.05, 3.63) is 29.3 Å². The molecular formula is C14H20O2. The third-order valence-electron chi connectivity index (χ3n) is 3.24. The Bertz CT molecular complexity index is 385. The van der Waals surface area contributed by atoms with Crippen molar-refractivity contribution in [2.24, 2.45) is 0 Å². The smallest absolute Gasteiger partial charge is 0.129 e. The lowest BCUT2D eigenvalue weighted by molar-refractivity contribution is 0.0139. The SMILES string of the molecule is CC(C)(C)c1cccc2c1OCCC2(C)O. The molecule has 1 aromatic rings. The number of para-hydroxylation sites is 1. The fourth-order valence-electron chi connectivity index (χ4n) is 2.19. The van der Waals surface area contributed by atoms with Gasteiger partial charge in [-0.1, -0.05) is 39.0 Å². The molecule has 0 aliphatic carbocycles. The van der Waals surface area contributed by atoms with Crippen LogP contribution in [0.1, 0.15) is 45.2 Å². The van der Waals surface area contributed by atoms with Gasteiger partial charge in [0.15, 0.2) is 0 Å². The Labute approximate surface area is 97.3 Å². The predicted molar refractivity (Wildman–Crippen MR) is 64.8 cm³/mol. The maximum atomic E-state index is 10.3. The van der Waals surface area contributed by atoms with Crippen LogP contribution in [0.4, 0.5) is 0 Å². The van der Waals surface area contributed by atoms with E-state index in [-0.39, 0.29) is 5.41 Å². The molecule has 16 heavy (non-hydrogen) atoms. The van der Waals surface area contributed by atoms with Gasteiger partial charge in [-0.05, 0) is 17.9 Å². The summed E-state index contributed by atoms with van der Waals surface area (Å²) in [6.45, 7) is 8.94. The third-order valence-corrected chi connectivity index (χ3v) is 3.24. The molecule has 1 N–H and O–H groups in total. The highest BCUT2D eigenvalue weighted by atomic mass is 16.5. The minimum Gasteiger partial charge on any atom is -0.493 e. The summed E-state index contributed by atoms with van der Waals surface area (Å²) in [7, 11) is 0. The van der Waals surface area contributed by atoms with E-state index in [9.17, 15) is 5.11 Å². The summed E-state index contributed by atoms with van der Waals surface area (Å²) in [5.41, 5.74) is 1.38. The molecule has 0 radical (unpaired) electrons. The zero-order chi connectivity index (χ0) is 12.0. The molecule has 0 bridgehead atoms. The molecule has 0 fully saturated rings. The minimum atomic E-state index is -0.755.